The van der Waals surface area contributed by atoms with Crippen LogP contribution in [0.4, 0.5) is 0 Å². The third kappa shape index (κ3) is 15.8. The van der Waals surface area contributed by atoms with E-state index in [9.17, 15) is 9.59 Å². The fraction of sp³-hybridized carbons (Fsp3) is 0.500. The Labute approximate surface area is 134 Å². The number of carbonyl (C=O) groups is 2. The summed E-state index contributed by atoms with van der Waals surface area (Å²) in [7, 11) is 0. The molecule has 38 valence electrons. The van der Waals surface area contributed by atoms with Crippen LogP contribution in [0.5, 0.6) is 0 Å². The first-order chi connectivity index (χ1) is 2.77. The molecule has 0 spiro atoms. The number of hydrogen-bond acceptors (Lipinski definition) is 2. The molecule has 0 aromatic rings. The van der Waals surface area contributed by atoms with Crippen molar-refractivity contribution in [3.8, 4) is 0 Å². The van der Waals surface area contributed by atoms with E-state index in [-0.39, 0.29) is 115 Å². The molecule has 0 aliphatic rings. The van der Waals surface area contributed by atoms with Crippen molar-refractivity contribution in [3.63, 3.8) is 0 Å². The summed E-state index contributed by atoms with van der Waals surface area (Å²) in [5.74, 6) is -0.0787. The Kier molecular flexibility index (Phi) is 26.0. The molecular weight excluding hydrogens is 158 g/mol. The van der Waals surface area contributed by atoms with Crippen LogP contribution in [0.15, 0.2) is 0 Å². The second-order valence-electron chi connectivity index (χ2n) is 1.07. The number of hydrogen-bond donors (Lipinski definition) is 0. The zero-order valence-electron chi connectivity index (χ0n) is 3.60. The summed E-state index contributed by atoms with van der Waals surface area (Å²) in [6.45, 7) is 1.38. The summed E-state index contributed by atoms with van der Waals surface area (Å²) < 4.78 is 0. The molecule has 0 aliphatic carbocycles. The van der Waals surface area contributed by atoms with Gasteiger partial charge in [-0.25, -0.2) is 0 Å². The average molecular weight is 166 g/mol. The van der Waals surface area contributed by atoms with Crippen LogP contribution in [-0.2, 0) is 9.59 Å². The van der Waals surface area contributed by atoms with Gasteiger partial charge < -0.3 is 4.79 Å². The van der Waals surface area contributed by atoms with Crippen LogP contribution in [0.25, 0.3) is 0 Å². The molecule has 0 aromatic carbocycles. The molecule has 0 rings (SSSR count). The van der Waals surface area contributed by atoms with Crippen molar-refractivity contribution >= 4 is 115 Å². The van der Waals surface area contributed by atoms with Gasteiger partial charge in [-0.1, -0.05) is 0 Å². The van der Waals surface area contributed by atoms with Crippen molar-refractivity contribution in [3.05, 3.63) is 0 Å². The maximum atomic E-state index is 9.81. The minimum absolute atomic E-state index is 0. The summed E-state index contributed by atoms with van der Waals surface area (Å²) in [6, 6.07) is 0. The molecule has 8 heavy (non-hydrogen) atoms. The Hall–Kier alpha value is 2.61. The fourth-order valence-electron chi connectivity index (χ4n) is 0.117. The van der Waals surface area contributed by atoms with Crippen molar-refractivity contribution in [2.45, 2.75) is 13.3 Å². The second kappa shape index (κ2) is 12.3. The molecule has 0 atom stereocenters. The molecule has 0 amide bonds. The number of ketones is 1. The summed E-state index contributed by atoms with van der Waals surface area (Å²) in [5.41, 5.74) is 0. The first-order valence-corrected chi connectivity index (χ1v) is 1.70. The summed E-state index contributed by atoms with van der Waals surface area (Å²) in [4.78, 5) is 19.2. The average Bonchev–Trinajstić information content (AvgIpc) is 1.35. The number of carbonyl (C=O) groups excluding carboxylic acids is 2. The van der Waals surface area contributed by atoms with E-state index in [1.54, 1.807) is 0 Å². The number of rotatable bonds is 2. The van der Waals surface area contributed by atoms with Gasteiger partial charge in [0.05, 0.1) is 6.42 Å². The van der Waals surface area contributed by atoms with Gasteiger partial charge in [0.2, 0.25) is 0 Å². The predicted octanol–water partition coefficient (Wildman–Crippen LogP) is -1.13. The standard InChI is InChI=1S/C4H6O2.2K.2H/c1-4(6)2-3-5;;;;/h3H,2H2,1H3;;;;. The first kappa shape index (κ1) is 16.9. The van der Waals surface area contributed by atoms with Crippen LogP contribution >= 0.6 is 0 Å². The molecule has 0 heterocycles. The van der Waals surface area contributed by atoms with Crippen LogP contribution in [0.3, 0.4) is 0 Å². The van der Waals surface area contributed by atoms with Gasteiger partial charge in [-0.15, -0.1) is 0 Å². The van der Waals surface area contributed by atoms with Gasteiger partial charge in [-0.05, 0) is 6.92 Å². The molecule has 0 aromatic heterocycles. The van der Waals surface area contributed by atoms with Crippen molar-refractivity contribution in [2.75, 3.05) is 0 Å². The van der Waals surface area contributed by atoms with Crippen molar-refractivity contribution in [2.24, 2.45) is 0 Å². The second-order valence-corrected chi connectivity index (χ2v) is 1.07. The van der Waals surface area contributed by atoms with Crippen LogP contribution < -0.4 is 0 Å². The van der Waals surface area contributed by atoms with Crippen LogP contribution in [0, 0.1) is 0 Å². The van der Waals surface area contributed by atoms with Gasteiger partial charge in [0.15, 0.2) is 0 Å². The van der Waals surface area contributed by atoms with E-state index >= 15 is 0 Å². The van der Waals surface area contributed by atoms with Gasteiger partial charge in [0, 0.05) is 0 Å². The quantitative estimate of drug-likeness (QED) is 0.295. The van der Waals surface area contributed by atoms with Crippen LogP contribution in [0.2, 0.25) is 0 Å². The van der Waals surface area contributed by atoms with Gasteiger partial charge >= 0.3 is 103 Å². The fourth-order valence-corrected chi connectivity index (χ4v) is 0.117. The minimum atomic E-state index is -0.0787. The molecule has 0 saturated heterocycles. The van der Waals surface area contributed by atoms with E-state index in [2.05, 4.69) is 0 Å². The summed E-state index contributed by atoms with van der Waals surface area (Å²) >= 11 is 0. The van der Waals surface area contributed by atoms with Gasteiger partial charge in [0.1, 0.15) is 12.1 Å². The first-order valence-electron chi connectivity index (χ1n) is 1.70. The van der Waals surface area contributed by atoms with Gasteiger partial charge in [0.25, 0.3) is 0 Å². The predicted molar refractivity (Wildman–Crippen MR) is 35.7 cm³/mol. The van der Waals surface area contributed by atoms with Crippen molar-refractivity contribution < 1.29 is 9.59 Å². The van der Waals surface area contributed by atoms with E-state index in [0.717, 1.165) is 0 Å². The van der Waals surface area contributed by atoms with Gasteiger partial charge in [-0.3, -0.25) is 4.79 Å². The topological polar surface area (TPSA) is 34.1 Å². The Morgan fingerprint density at radius 1 is 1.50 bits per heavy atom. The van der Waals surface area contributed by atoms with E-state index < -0.39 is 0 Å². The molecule has 0 bridgehead atoms. The molecule has 0 unspecified atom stereocenters. The van der Waals surface area contributed by atoms with Crippen LogP contribution in [-0.4, -0.2) is 115 Å². The monoisotopic (exact) mass is 166 g/mol. The maximum absolute atomic E-state index is 9.81. The molecule has 0 N–H and O–H groups in total. The summed E-state index contributed by atoms with van der Waals surface area (Å²) in [6.07, 6.45) is 0.655. The Bertz CT molecular complexity index is 72.4. The van der Waals surface area contributed by atoms with Gasteiger partial charge in [-0.2, -0.15) is 0 Å². The molecular formula is C4H8K2O2. The normalized spacial score (nSPS) is 5.62. The molecule has 2 nitrogen and oxygen atoms in total. The van der Waals surface area contributed by atoms with Crippen molar-refractivity contribution in [1.82, 2.24) is 0 Å². The summed E-state index contributed by atoms with van der Waals surface area (Å²) in [5, 5.41) is 0. The Morgan fingerprint density at radius 3 is 1.88 bits per heavy atom. The van der Waals surface area contributed by atoms with Crippen LogP contribution in [0.1, 0.15) is 13.3 Å². The Balaban J connectivity index is -0.000000125. The molecule has 0 radical (unpaired) electrons. The third-order valence-corrected chi connectivity index (χ3v) is 0.371. The van der Waals surface area contributed by atoms with E-state index in [4.69, 9.17) is 0 Å². The zero-order chi connectivity index (χ0) is 4.99. The Morgan fingerprint density at radius 2 is 1.88 bits per heavy atom. The molecule has 0 aliphatic heterocycles. The SMILES string of the molecule is CC(=O)CC=O.[KH].[KH]. The molecule has 4 heteroatoms. The molecule has 0 fully saturated rings. The number of aldehydes is 1. The number of Topliss-reactive ketones (excluding diaryl/α,β-unsaturated/α-hetero) is 1. The van der Waals surface area contributed by atoms with E-state index in [0.29, 0.717) is 6.29 Å². The molecule has 0 saturated carbocycles. The van der Waals surface area contributed by atoms with E-state index in [1.807, 2.05) is 0 Å². The zero-order valence-corrected chi connectivity index (χ0v) is 3.60. The van der Waals surface area contributed by atoms with Crippen molar-refractivity contribution in [1.29, 1.82) is 0 Å². The van der Waals surface area contributed by atoms with E-state index in [1.165, 1.54) is 6.92 Å². The third-order valence-electron chi connectivity index (χ3n) is 0.371.